The zero-order valence-electron chi connectivity index (χ0n) is 10.5. The van der Waals surface area contributed by atoms with Gasteiger partial charge in [-0.05, 0) is 37.4 Å². The van der Waals surface area contributed by atoms with E-state index >= 15 is 0 Å². The summed E-state index contributed by atoms with van der Waals surface area (Å²) in [4.78, 5) is 2.26. The van der Waals surface area contributed by atoms with Crippen LogP contribution in [0.1, 0.15) is 25.8 Å². The Balaban J connectivity index is 2.74. The third-order valence-electron chi connectivity index (χ3n) is 2.32. The fraction of sp³-hybridized carbons (Fsp3) is 0.667. The van der Waals surface area contributed by atoms with Crippen molar-refractivity contribution in [2.75, 3.05) is 24.5 Å². The van der Waals surface area contributed by atoms with Crippen LogP contribution in [0.25, 0.3) is 0 Å². The van der Waals surface area contributed by atoms with E-state index in [2.05, 4.69) is 35.0 Å². The molecule has 0 fully saturated rings. The largest absolute Gasteiger partial charge is 0.355 e. The van der Waals surface area contributed by atoms with Crippen LogP contribution in [0.3, 0.4) is 0 Å². The molecule has 0 aliphatic heterocycles. The summed E-state index contributed by atoms with van der Waals surface area (Å²) >= 11 is 0. The molecule has 0 unspecified atom stereocenters. The van der Waals surface area contributed by atoms with Gasteiger partial charge in [0.1, 0.15) is 0 Å². The van der Waals surface area contributed by atoms with E-state index in [1.807, 2.05) is 6.92 Å². The summed E-state index contributed by atoms with van der Waals surface area (Å²) in [5, 5.41) is 8.18. The van der Waals surface area contributed by atoms with Crippen molar-refractivity contribution in [3.63, 3.8) is 0 Å². The van der Waals surface area contributed by atoms with E-state index in [1.54, 1.807) is 6.20 Å². The number of nitrogens with zero attached hydrogens (tertiary/aromatic N) is 3. The Morgan fingerprint density at radius 2 is 2.19 bits per heavy atom. The molecule has 1 heterocycles. The quantitative estimate of drug-likeness (QED) is 0.794. The van der Waals surface area contributed by atoms with Crippen molar-refractivity contribution in [3.05, 3.63) is 17.8 Å². The van der Waals surface area contributed by atoms with Crippen molar-refractivity contribution in [2.45, 2.75) is 27.2 Å². The first-order chi connectivity index (χ1) is 7.63. The molecule has 4 nitrogen and oxygen atoms in total. The third-order valence-corrected chi connectivity index (χ3v) is 2.32. The molecule has 2 N–H and O–H groups in total. The van der Waals surface area contributed by atoms with Gasteiger partial charge >= 0.3 is 0 Å². The highest BCUT2D eigenvalue weighted by atomic mass is 15.3. The van der Waals surface area contributed by atoms with Gasteiger partial charge in [0.2, 0.25) is 0 Å². The normalized spacial score (nSPS) is 10.8. The Morgan fingerprint density at radius 1 is 1.44 bits per heavy atom. The summed E-state index contributed by atoms with van der Waals surface area (Å²) in [6.45, 7) is 9.12. The molecule has 90 valence electrons. The topological polar surface area (TPSA) is 55.0 Å². The summed E-state index contributed by atoms with van der Waals surface area (Å²) < 4.78 is 0. The molecule has 1 rings (SSSR count). The fourth-order valence-corrected chi connectivity index (χ4v) is 1.63. The van der Waals surface area contributed by atoms with E-state index < -0.39 is 0 Å². The van der Waals surface area contributed by atoms with Crippen LogP contribution in [0.4, 0.5) is 5.82 Å². The molecular formula is C12H22N4. The maximum absolute atomic E-state index is 5.55. The van der Waals surface area contributed by atoms with E-state index in [0.717, 1.165) is 30.9 Å². The van der Waals surface area contributed by atoms with Crippen molar-refractivity contribution in [2.24, 2.45) is 11.7 Å². The average Bonchev–Trinajstić information content (AvgIpc) is 2.23. The summed E-state index contributed by atoms with van der Waals surface area (Å²) in [6.07, 6.45) is 2.77. The zero-order chi connectivity index (χ0) is 12.0. The molecule has 0 aliphatic rings. The minimum absolute atomic E-state index is 0.611. The lowest BCUT2D eigenvalue weighted by Gasteiger charge is -2.25. The minimum Gasteiger partial charge on any atom is -0.355 e. The molecule has 4 heteroatoms. The Bertz CT molecular complexity index is 312. The molecule has 0 atom stereocenters. The molecular weight excluding hydrogens is 200 g/mol. The number of aryl methyl sites for hydroxylation is 1. The predicted molar refractivity (Wildman–Crippen MR) is 67.5 cm³/mol. The van der Waals surface area contributed by atoms with Gasteiger partial charge in [0.05, 0.1) is 6.20 Å². The minimum atomic E-state index is 0.611. The van der Waals surface area contributed by atoms with Gasteiger partial charge in [-0.2, -0.15) is 5.10 Å². The maximum Gasteiger partial charge on any atom is 0.151 e. The number of nitrogens with two attached hydrogens (primary N) is 1. The lowest BCUT2D eigenvalue weighted by molar-refractivity contribution is 0.593. The summed E-state index contributed by atoms with van der Waals surface area (Å²) in [7, 11) is 0. The van der Waals surface area contributed by atoms with Crippen LogP contribution in [0, 0.1) is 12.8 Å². The van der Waals surface area contributed by atoms with E-state index in [9.17, 15) is 0 Å². The summed E-state index contributed by atoms with van der Waals surface area (Å²) in [5.41, 5.74) is 6.70. The lowest BCUT2D eigenvalue weighted by Crippen LogP contribution is -2.30. The van der Waals surface area contributed by atoms with E-state index in [4.69, 9.17) is 5.73 Å². The molecule has 0 aromatic carbocycles. The summed E-state index contributed by atoms with van der Waals surface area (Å²) in [5.74, 6) is 1.57. The Labute approximate surface area is 97.9 Å². The second-order valence-electron chi connectivity index (χ2n) is 4.57. The standard InChI is InChI=1S/C12H22N4/c1-10(2)9-16(6-4-5-13)12-7-11(3)8-14-15-12/h7-8,10H,4-6,9,13H2,1-3H3. The first-order valence-corrected chi connectivity index (χ1v) is 5.88. The number of rotatable bonds is 6. The van der Waals surface area contributed by atoms with Gasteiger partial charge in [-0.25, -0.2) is 0 Å². The van der Waals surface area contributed by atoms with Gasteiger partial charge in [0, 0.05) is 13.1 Å². The van der Waals surface area contributed by atoms with E-state index in [-0.39, 0.29) is 0 Å². The van der Waals surface area contributed by atoms with Crippen molar-refractivity contribution in [1.82, 2.24) is 10.2 Å². The van der Waals surface area contributed by atoms with Gasteiger partial charge in [-0.1, -0.05) is 13.8 Å². The number of hydrogen-bond donors (Lipinski definition) is 1. The first kappa shape index (κ1) is 12.9. The van der Waals surface area contributed by atoms with Crippen LogP contribution < -0.4 is 10.6 Å². The van der Waals surface area contributed by atoms with E-state index in [1.165, 1.54) is 0 Å². The van der Waals surface area contributed by atoms with Gasteiger partial charge in [-0.15, -0.1) is 5.10 Å². The molecule has 0 bridgehead atoms. The van der Waals surface area contributed by atoms with Gasteiger partial charge < -0.3 is 10.6 Å². The Morgan fingerprint density at radius 3 is 2.75 bits per heavy atom. The number of aromatic nitrogens is 2. The second kappa shape index (κ2) is 6.43. The van der Waals surface area contributed by atoms with Crippen LogP contribution in [-0.4, -0.2) is 29.8 Å². The molecule has 16 heavy (non-hydrogen) atoms. The molecule has 0 radical (unpaired) electrons. The Kier molecular flexibility index (Phi) is 5.19. The lowest BCUT2D eigenvalue weighted by atomic mass is 10.2. The van der Waals surface area contributed by atoms with Crippen LogP contribution >= 0.6 is 0 Å². The van der Waals surface area contributed by atoms with Crippen LogP contribution in [-0.2, 0) is 0 Å². The van der Waals surface area contributed by atoms with Crippen molar-refractivity contribution in [1.29, 1.82) is 0 Å². The summed E-state index contributed by atoms with van der Waals surface area (Å²) in [6, 6.07) is 2.08. The zero-order valence-corrected chi connectivity index (χ0v) is 10.5. The van der Waals surface area contributed by atoms with Gasteiger partial charge in [0.15, 0.2) is 5.82 Å². The average molecular weight is 222 g/mol. The third kappa shape index (κ3) is 4.14. The highest BCUT2D eigenvalue weighted by Crippen LogP contribution is 2.13. The first-order valence-electron chi connectivity index (χ1n) is 5.88. The monoisotopic (exact) mass is 222 g/mol. The highest BCUT2D eigenvalue weighted by Gasteiger charge is 2.09. The van der Waals surface area contributed by atoms with Gasteiger partial charge in [-0.3, -0.25) is 0 Å². The smallest absolute Gasteiger partial charge is 0.151 e. The molecule has 0 aliphatic carbocycles. The Hall–Kier alpha value is -1.16. The maximum atomic E-state index is 5.55. The predicted octanol–water partition coefficient (Wildman–Crippen LogP) is 1.60. The molecule has 0 saturated carbocycles. The van der Waals surface area contributed by atoms with Crippen molar-refractivity contribution >= 4 is 5.82 Å². The van der Waals surface area contributed by atoms with E-state index in [0.29, 0.717) is 12.5 Å². The molecule has 0 saturated heterocycles. The van der Waals surface area contributed by atoms with Crippen LogP contribution in [0.5, 0.6) is 0 Å². The van der Waals surface area contributed by atoms with Crippen LogP contribution in [0.2, 0.25) is 0 Å². The molecule has 0 spiro atoms. The molecule has 1 aromatic heterocycles. The number of hydrogen-bond acceptors (Lipinski definition) is 4. The molecule has 0 amide bonds. The SMILES string of the molecule is Cc1cnnc(N(CCCN)CC(C)C)c1. The van der Waals surface area contributed by atoms with Crippen LogP contribution in [0.15, 0.2) is 12.3 Å². The van der Waals surface area contributed by atoms with Crippen molar-refractivity contribution < 1.29 is 0 Å². The number of anilines is 1. The fourth-order valence-electron chi connectivity index (χ4n) is 1.63. The second-order valence-corrected chi connectivity index (χ2v) is 4.57. The molecule has 1 aromatic rings. The van der Waals surface area contributed by atoms with Crippen molar-refractivity contribution in [3.8, 4) is 0 Å². The highest BCUT2D eigenvalue weighted by molar-refractivity contribution is 5.38. The van der Waals surface area contributed by atoms with Gasteiger partial charge in [0.25, 0.3) is 0 Å².